The Kier molecular flexibility index (Phi) is 5.92. The van der Waals surface area contributed by atoms with Gasteiger partial charge in [0.25, 0.3) is 0 Å². The Hall–Kier alpha value is -0.200. The van der Waals surface area contributed by atoms with Gasteiger partial charge >= 0.3 is 0 Å². The number of ether oxygens (including phenoxy) is 1. The summed E-state index contributed by atoms with van der Waals surface area (Å²) in [6.45, 7) is 0.801. The summed E-state index contributed by atoms with van der Waals surface area (Å²) >= 11 is 0. The molecular formula is C21H37NO4. The number of unbranched alkanes of at least 4 members (excludes halogenated alkanes) is 2. The predicted molar refractivity (Wildman–Crippen MR) is 99.7 cm³/mol. The monoisotopic (exact) mass is 367 g/mol. The fourth-order valence-corrected chi connectivity index (χ4v) is 6.94. The first-order chi connectivity index (χ1) is 12.6. The second-order valence-corrected chi connectivity index (χ2v) is 9.82. The summed E-state index contributed by atoms with van der Waals surface area (Å²) in [7, 11) is 0. The van der Waals surface area contributed by atoms with Crippen molar-refractivity contribution in [3.8, 4) is 0 Å². The molecule has 0 aromatic carbocycles. The molecule has 5 nitrogen and oxygen atoms in total. The molecule has 0 spiro atoms. The van der Waals surface area contributed by atoms with E-state index >= 15 is 0 Å². The Labute approximate surface area is 157 Å². The minimum Gasteiger partial charge on any atom is -0.395 e. The molecule has 0 aromatic heterocycles. The van der Waals surface area contributed by atoms with Crippen LogP contribution in [0.1, 0.15) is 64.2 Å². The van der Waals surface area contributed by atoms with Gasteiger partial charge in [0.2, 0.25) is 0 Å². The molecule has 0 unspecified atom stereocenters. The molecule has 5 rings (SSSR count). The molecule has 0 radical (unpaired) electrons. The number of nitrogens with one attached hydrogen (secondary N) is 1. The van der Waals surface area contributed by atoms with Crippen LogP contribution < -0.4 is 5.32 Å². The zero-order valence-electron chi connectivity index (χ0n) is 16.0. The molecule has 1 aliphatic heterocycles. The molecule has 4 saturated carbocycles. The maximum Gasteiger partial charge on any atom is 0.112 e. The van der Waals surface area contributed by atoms with Gasteiger partial charge in [-0.3, -0.25) is 0 Å². The average molecular weight is 368 g/mol. The zero-order chi connectivity index (χ0) is 18.1. The van der Waals surface area contributed by atoms with Crippen LogP contribution in [-0.2, 0) is 4.74 Å². The van der Waals surface area contributed by atoms with Gasteiger partial charge in [-0.1, -0.05) is 12.8 Å². The van der Waals surface area contributed by atoms with Gasteiger partial charge in [-0.05, 0) is 74.5 Å². The Morgan fingerprint density at radius 1 is 0.923 bits per heavy atom. The van der Waals surface area contributed by atoms with Gasteiger partial charge in [0.05, 0.1) is 18.8 Å². The van der Waals surface area contributed by atoms with Crippen LogP contribution in [0.3, 0.4) is 0 Å². The molecule has 150 valence electrons. The van der Waals surface area contributed by atoms with E-state index in [-0.39, 0.29) is 6.61 Å². The van der Waals surface area contributed by atoms with E-state index in [1.807, 2.05) is 0 Å². The van der Waals surface area contributed by atoms with Gasteiger partial charge in [-0.25, -0.2) is 0 Å². The van der Waals surface area contributed by atoms with Gasteiger partial charge < -0.3 is 25.4 Å². The van der Waals surface area contributed by atoms with Crippen LogP contribution >= 0.6 is 0 Å². The van der Waals surface area contributed by atoms with Crippen molar-refractivity contribution in [1.82, 2.24) is 5.32 Å². The van der Waals surface area contributed by atoms with Crippen LogP contribution in [0.25, 0.3) is 0 Å². The summed E-state index contributed by atoms with van der Waals surface area (Å²) in [6, 6.07) is -0.403. The maximum atomic E-state index is 10.2. The molecule has 26 heavy (non-hydrogen) atoms. The minimum absolute atomic E-state index is 0.140. The van der Waals surface area contributed by atoms with Crippen LogP contribution in [-0.4, -0.2) is 59.4 Å². The van der Waals surface area contributed by atoms with Crippen molar-refractivity contribution in [3.63, 3.8) is 0 Å². The van der Waals surface area contributed by atoms with Gasteiger partial charge in [0.15, 0.2) is 0 Å². The number of piperidine rings is 1. The standard InChI is InChI=1S/C21H37NO4/c23-13-17-19(25)20(18(24)12-22-17)26-5-3-1-2-4-21-9-14-6-15(10-21)8-16(7-14)11-21/h14-20,22-25H,1-13H2/t14?,15?,16?,17-,18+,19-,20-,21?/m1/s1. The summed E-state index contributed by atoms with van der Waals surface area (Å²) in [6.07, 6.45) is 11.7. The third kappa shape index (κ3) is 3.97. The van der Waals surface area contributed by atoms with Crippen molar-refractivity contribution in [2.24, 2.45) is 23.2 Å². The smallest absolute Gasteiger partial charge is 0.112 e. The fraction of sp³-hybridized carbons (Fsp3) is 1.00. The van der Waals surface area contributed by atoms with E-state index in [1.165, 1.54) is 57.8 Å². The minimum atomic E-state index is -0.851. The lowest BCUT2D eigenvalue weighted by Crippen LogP contribution is -2.61. The first-order valence-corrected chi connectivity index (χ1v) is 10.9. The second-order valence-electron chi connectivity index (χ2n) is 9.82. The van der Waals surface area contributed by atoms with Crippen molar-refractivity contribution in [1.29, 1.82) is 0 Å². The molecule has 0 amide bonds. The topological polar surface area (TPSA) is 82.0 Å². The molecule has 5 fully saturated rings. The van der Waals surface area contributed by atoms with Gasteiger partial charge in [-0.15, -0.1) is 0 Å². The first kappa shape index (κ1) is 19.1. The Morgan fingerprint density at radius 2 is 1.58 bits per heavy atom. The van der Waals surface area contributed by atoms with E-state index in [4.69, 9.17) is 4.74 Å². The molecule has 1 heterocycles. The number of aliphatic hydroxyl groups excluding tert-OH is 3. The van der Waals surface area contributed by atoms with Crippen LogP contribution in [0.4, 0.5) is 0 Å². The Morgan fingerprint density at radius 3 is 2.19 bits per heavy atom. The van der Waals surface area contributed by atoms with Crippen molar-refractivity contribution in [3.05, 3.63) is 0 Å². The average Bonchev–Trinajstić information content (AvgIpc) is 2.59. The maximum absolute atomic E-state index is 10.2. The lowest BCUT2D eigenvalue weighted by molar-refractivity contribution is -0.133. The van der Waals surface area contributed by atoms with Crippen molar-refractivity contribution < 1.29 is 20.1 Å². The number of β-amino-alcohol motifs (C(OH)–C–C–N with tert-alkyl or cyclic N) is 1. The highest BCUT2D eigenvalue weighted by Crippen LogP contribution is 2.61. The van der Waals surface area contributed by atoms with Crippen LogP contribution in [0.5, 0.6) is 0 Å². The zero-order valence-corrected chi connectivity index (χ0v) is 16.0. The molecule has 0 aromatic rings. The summed E-state index contributed by atoms with van der Waals surface area (Å²) < 4.78 is 5.78. The first-order valence-electron chi connectivity index (χ1n) is 10.9. The third-order valence-electron chi connectivity index (χ3n) is 7.74. The summed E-state index contributed by atoms with van der Waals surface area (Å²) in [4.78, 5) is 0. The quantitative estimate of drug-likeness (QED) is 0.492. The van der Waals surface area contributed by atoms with Gasteiger partial charge in [0, 0.05) is 13.2 Å². The molecule has 5 aliphatic rings. The Bertz CT molecular complexity index is 436. The highest BCUT2D eigenvalue weighted by atomic mass is 16.5. The van der Waals surface area contributed by atoms with E-state index in [0.29, 0.717) is 18.6 Å². The normalized spacial score (nSPS) is 47.4. The number of hydrogen-bond donors (Lipinski definition) is 4. The third-order valence-corrected chi connectivity index (χ3v) is 7.74. The highest BCUT2D eigenvalue weighted by Gasteiger charge is 2.50. The van der Waals surface area contributed by atoms with Crippen LogP contribution in [0, 0.1) is 23.2 Å². The van der Waals surface area contributed by atoms with E-state index < -0.39 is 24.4 Å². The highest BCUT2D eigenvalue weighted by molar-refractivity contribution is 5.01. The van der Waals surface area contributed by atoms with Gasteiger partial charge in [0.1, 0.15) is 12.2 Å². The van der Waals surface area contributed by atoms with E-state index in [0.717, 1.165) is 24.2 Å². The number of hydrogen-bond acceptors (Lipinski definition) is 5. The predicted octanol–water partition coefficient (Wildman–Crippen LogP) is 1.83. The largest absolute Gasteiger partial charge is 0.395 e. The van der Waals surface area contributed by atoms with Crippen molar-refractivity contribution >= 4 is 0 Å². The van der Waals surface area contributed by atoms with Crippen molar-refractivity contribution in [2.45, 2.75) is 88.6 Å². The summed E-state index contributed by atoms with van der Waals surface area (Å²) in [5.41, 5.74) is 0.672. The molecule has 5 heteroatoms. The Balaban J connectivity index is 1.15. The second kappa shape index (κ2) is 8.04. The van der Waals surface area contributed by atoms with Crippen LogP contribution in [0.2, 0.25) is 0 Å². The lowest BCUT2D eigenvalue weighted by atomic mass is 9.48. The van der Waals surface area contributed by atoms with Crippen LogP contribution in [0.15, 0.2) is 0 Å². The molecule has 4 bridgehead atoms. The lowest BCUT2D eigenvalue weighted by Gasteiger charge is -2.57. The SMILES string of the molecule is OC[C@H]1NC[C@H](O)[C@@H](OCCCCCC23CC4CC(CC(C4)C2)C3)[C@@H]1O. The number of rotatable bonds is 8. The molecule has 4 N–H and O–H groups in total. The molecule has 4 atom stereocenters. The summed E-state index contributed by atoms with van der Waals surface area (Å²) in [5.74, 6) is 3.10. The van der Waals surface area contributed by atoms with E-state index in [2.05, 4.69) is 5.32 Å². The van der Waals surface area contributed by atoms with E-state index in [1.54, 1.807) is 0 Å². The van der Waals surface area contributed by atoms with Crippen molar-refractivity contribution in [2.75, 3.05) is 19.8 Å². The molecular weight excluding hydrogens is 330 g/mol. The number of aliphatic hydroxyl groups is 3. The van der Waals surface area contributed by atoms with Gasteiger partial charge in [-0.2, -0.15) is 0 Å². The fourth-order valence-electron chi connectivity index (χ4n) is 6.94. The summed E-state index contributed by atoms with van der Waals surface area (Å²) in [5, 5.41) is 32.4. The van der Waals surface area contributed by atoms with E-state index in [9.17, 15) is 15.3 Å². The molecule has 1 saturated heterocycles. The molecule has 4 aliphatic carbocycles.